The molecule has 72 valence electrons. The third-order valence-corrected chi connectivity index (χ3v) is 1.64. The molecule has 1 aromatic rings. The molecule has 0 N–H and O–H groups in total. The van der Waals surface area contributed by atoms with Crippen LogP contribution in [0.25, 0.3) is 0 Å². The van der Waals surface area contributed by atoms with Crippen LogP contribution in [0.2, 0.25) is 0 Å². The summed E-state index contributed by atoms with van der Waals surface area (Å²) in [5.74, 6) is 0. The quantitative estimate of drug-likeness (QED) is 0.670. The van der Waals surface area contributed by atoms with Crippen LogP contribution in [0.3, 0.4) is 0 Å². The van der Waals surface area contributed by atoms with Gasteiger partial charge in [0.15, 0.2) is 0 Å². The monoisotopic (exact) mass is 186 g/mol. The van der Waals surface area contributed by atoms with Gasteiger partial charge in [-0.05, 0) is 24.4 Å². The number of pyridine rings is 1. The number of rotatable bonds is 1. The topological polar surface area (TPSA) is 16.1 Å². The second-order valence-electron chi connectivity index (χ2n) is 2.67. The maximum Gasteiger partial charge on any atom is 0.0403 e. The molecule has 0 aliphatic carbocycles. The standard InChI is InChI=1S/C7H9N.C5H5N/c1-2-8-6-4-3-5-7-8;1-2-4-6-5-3-1/h2-6H,1,7H2;1-5H. The Morgan fingerprint density at radius 1 is 1.14 bits per heavy atom. The highest BCUT2D eigenvalue weighted by Gasteiger charge is 1.89. The van der Waals surface area contributed by atoms with Gasteiger partial charge < -0.3 is 4.90 Å². The summed E-state index contributed by atoms with van der Waals surface area (Å²) in [5, 5.41) is 0. The van der Waals surface area contributed by atoms with E-state index in [9.17, 15) is 0 Å². The van der Waals surface area contributed by atoms with E-state index in [4.69, 9.17) is 0 Å². The zero-order chi connectivity index (χ0) is 10.1. The third kappa shape index (κ3) is 4.26. The Morgan fingerprint density at radius 3 is 2.21 bits per heavy atom. The zero-order valence-corrected chi connectivity index (χ0v) is 8.08. The molecule has 1 aliphatic rings. The van der Waals surface area contributed by atoms with Crippen LogP contribution in [0.1, 0.15) is 0 Å². The van der Waals surface area contributed by atoms with Crippen LogP contribution < -0.4 is 0 Å². The fourth-order valence-electron chi connectivity index (χ4n) is 0.930. The Balaban J connectivity index is 0.000000146. The van der Waals surface area contributed by atoms with Crippen LogP contribution in [0.4, 0.5) is 0 Å². The molecule has 2 heterocycles. The largest absolute Gasteiger partial charge is 0.351 e. The lowest BCUT2D eigenvalue weighted by molar-refractivity contribution is 0.562. The van der Waals surface area contributed by atoms with E-state index in [1.165, 1.54) is 0 Å². The Labute approximate surface area is 84.9 Å². The van der Waals surface area contributed by atoms with E-state index >= 15 is 0 Å². The van der Waals surface area contributed by atoms with Crippen molar-refractivity contribution in [2.45, 2.75) is 0 Å². The fourth-order valence-corrected chi connectivity index (χ4v) is 0.930. The normalized spacial score (nSPS) is 13.0. The summed E-state index contributed by atoms with van der Waals surface area (Å²) in [4.78, 5) is 5.80. The van der Waals surface area contributed by atoms with Gasteiger partial charge in [-0.15, -0.1) is 0 Å². The van der Waals surface area contributed by atoms with Crippen LogP contribution in [0.15, 0.2) is 67.8 Å². The SMILES string of the molecule is C=CN1C=CC=CC1.c1ccncc1. The van der Waals surface area contributed by atoms with E-state index in [1.54, 1.807) is 18.6 Å². The molecule has 0 amide bonds. The van der Waals surface area contributed by atoms with E-state index in [0.29, 0.717) is 0 Å². The van der Waals surface area contributed by atoms with Gasteiger partial charge in [0.05, 0.1) is 0 Å². The van der Waals surface area contributed by atoms with Crippen molar-refractivity contribution in [3.8, 4) is 0 Å². The molecule has 2 nitrogen and oxygen atoms in total. The number of aromatic nitrogens is 1. The molecule has 1 aliphatic heterocycles. The Hall–Kier alpha value is -1.83. The van der Waals surface area contributed by atoms with Gasteiger partial charge in [-0.25, -0.2) is 0 Å². The first-order chi connectivity index (χ1) is 6.93. The van der Waals surface area contributed by atoms with E-state index in [-0.39, 0.29) is 0 Å². The van der Waals surface area contributed by atoms with Crippen molar-refractivity contribution < 1.29 is 0 Å². The van der Waals surface area contributed by atoms with E-state index in [2.05, 4.69) is 17.6 Å². The van der Waals surface area contributed by atoms with Gasteiger partial charge in [0.1, 0.15) is 0 Å². The van der Waals surface area contributed by atoms with Crippen molar-refractivity contribution >= 4 is 0 Å². The van der Waals surface area contributed by atoms with Gasteiger partial charge >= 0.3 is 0 Å². The minimum absolute atomic E-state index is 0.958. The van der Waals surface area contributed by atoms with Crippen LogP contribution >= 0.6 is 0 Å². The van der Waals surface area contributed by atoms with E-state index in [1.807, 2.05) is 41.5 Å². The van der Waals surface area contributed by atoms with Crippen LogP contribution in [-0.2, 0) is 0 Å². The van der Waals surface area contributed by atoms with Gasteiger partial charge in [0.25, 0.3) is 0 Å². The zero-order valence-electron chi connectivity index (χ0n) is 8.08. The highest BCUT2D eigenvalue weighted by Crippen LogP contribution is 1.96. The van der Waals surface area contributed by atoms with Crippen LogP contribution in [-0.4, -0.2) is 16.4 Å². The number of allylic oxidation sites excluding steroid dienone is 2. The number of hydrogen-bond donors (Lipinski definition) is 0. The molecule has 0 spiro atoms. The van der Waals surface area contributed by atoms with Gasteiger partial charge in [0.2, 0.25) is 0 Å². The summed E-state index contributed by atoms with van der Waals surface area (Å²) >= 11 is 0. The first-order valence-corrected chi connectivity index (χ1v) is 4.50. The van der Waals surface area contributed by atoms with Crippen molar-refractivity contribution in [1.29, 1.82) is 0 Å². The molecule has 0 atom stereocenters. The molecular weight excluding hydrogens is 172 g/mol. The molecule has 0 aromatic carbocycles. The lowest BCUT2D eigenvalue weighted by Crippen LogP contribution is -2.09. The van der Waals surface area contributed by atoms with Gasteiger partial charge in [-0.1, -0.05) is 24.8 Å². The average Bonchev–Trinajstić information content (AvgIpc) is 2.33. The minimum atomic E-state index is 0.958. The molecule has 0 bridgehead atoms. The number of hydrogen-bond acceptors (Lipinski definition) is 2. The Bertz CT molecular complexity index is 275. The Kier molecular flexibility index (Phi) is 4.88. The van der Waals surface area contributed by atoms with Crippen molar-refractivity contribution in [1.82, 2.24) is 9.88 Å². The maximum absolute atomic E-state index is 3.78. The van der Waals surface area contributed by atoms with Gasteiger partial charge in [-0.2, -0.15) is 0 Å². The smallest absolute Gasteiger partial charge is 0.0403 e. The van der Waals surface area contributed by atoms with E-state index < -0.39 is 0 Å². The third-order valence-electron chi connectivity index (χ3n) is 1.64. The summed E-state index contributed by atoms with van der Waals surface area (Å²) < 4.78 is 0. The average molecular weight is 186 g/mol. The second-order valence-corrected chi connectivity index (χ2v) is 2.67. The van der Waals surface area contributed by atoms with Crippen molar-refractivity contribution in [2.24, 2.45) is 0 Å². The Morgan fingerprint density at radius 2 is 1.93 bits per heavy atom. The van der Waals surface area contributed by atoms with Gasteiger partial charge in [-0.3, -0.25) is 4.98 Å². The lowest BCUT2D eigenvalue weighted by atomic mass is 10.4. The predicted octanol–water partition coefficient (Wildman–Crippen LogP) is 2.60. The summed E-state index contributed by atoms with van der Waals surface area (Å²) in [6.45, 7) is 4.58. The van der Waals surface area contributed by atoms with E-state index in [0.717, 1.165) is 6.54 Å². The predicted molar refractivity (Wildman–Crippen MR) is 59.4 cm³/mol. The second kappa shape index (κ2) is 6.66. The minimum Gasteiger partial charge on any atom is -0.351 e. The van der Waals surface area contributed by atoms with Crippen LogP contribution in [0.5, 0.6) is 0 Å². The molecule has 0 saturated heterocycles. The lowest BCUT2D eigenvalue weighted by Gasteiger charge is -2.13. The number of nitrogens with zero attached hydrogens (tertiary/aromatic N) is 2. The summed E-state index contributed by atoms with van der Waals surface area (Å²) in [5.41, 5.74) is 0. The molecule has 2 heteroatoms. The molecule has 0 saturated carbocycles. The molecule has 0 fully saturated rings. The van der Waals surface area contributed by atoms with Crippen LogP contribution in [0, 0.1) is 0 Å². The van der Waals surface area contributed by atoms with Gasteiger partial charge in [0, 0.05) is 25.1 Å². The summed E-state index contributed by atoms with van der Waals surface area (Å²) in [7, 11) is 0. The molecule has 1 aromatic heterocycles. The van der Waals surface area contributed by atoms with Crippen molar-refractivity contribution in [3.05, 3.63) is 67.8 Å². The first kappa shape index (κ1) is 10.3. The molecule has 14 heavy (non-hydrogen) atoms. The molecular formula is C12H14N2. The summed E-state index contributed by atoms with van der Waals surface area (Å²) in [6, 6.07) is 5.72. The van der Waals surface area contributed by atoms with Crippen molar-refractivity contribution in [2.75, 3.05) is 6.54 Å². The van der Waals surface area contributed by atoms with Crippen molar-refractivity contribution in [3.63, 3.8) is 0 Å². The highest BCUT2D eigenvalue weighted by atomic mass is 15.1. The maximum atomic E-state index is 3.78. The summed E-state index contributed by atoms with van der Waals surface area (Å²) in [6.07, 6.45) is 13.4. The first-order valence-electron chi connectivity index (χ1n) is 4.50. The molecule has 0 radical (unpaired) electrons. The fraction of sp³-hybridized carbons (Fsp3) is 0.0833. The highest BCUT2D eigenvalue weighted by molar-refractivity contribution is 5.10. The molecule has 2 rings (SSSR count). The molecule has 0 unspecified atom stereocenters.